The van der Waals surface area contributed by atoms with Gasteiger partial charge >= 0.3 is 5.97 Å². The van der Waals surface area contributed by atoms with Crippen molar-refractivity contribution in [1.29, 1.82) is 0 Å². The van der Waals surface area contributed by atoms with E-state index in [1.54, 1.807) is 11.8 Å². The fraction of sp³-hybridized carbons (Fsp3) is 0.231. The summed E-state index contributed by atoms with van der Waals surface area (Å²) in [6.07, 6.45) is 1.04. The van der Waals surface area contributed by atoms with Crippen LogP contribution in [0.25, 0.3) is 11.3 Å². The maximum Gasteiger partial charge on any atom is 0.374 e. The molecule has 1 unspecified atom stereocenters. The van der Waals surface area contributed by atoms with Gasteiger partial charge in [0.25, 0.3) is 0 Å². The first-order chi connectivity index (χ1) is 8.65. The lowest BCUT2D eigenvalue weighted by Crippen LogP contribution is -1.91. The molecule has 0 saturated heterocycles. The van der Waals surface area contributed by atoms with Gasteiger partial charge in [-0.05, 0) is 12.0 Å². The van der Waals surface area contributed by atoms with E-state index in [2.05, 4.69) is 18.1 Å². The topological polar surface area (TPSA) is 63.3 Å². The molecule has 1 aliphatic heterocycles. The average molecular weight is 261 g/mol. The standard InChI is InChI=1S/C13H11NO3S/c1-7-5-8-3-2-4-9(12(8)18-7)10-6-11(13(15)16)17-14-10/h2-4,6-7H,5H2,1H3,(H,15,16). The van der Waals surface area contributed by atoms with Crippen molar-refractivity contribution >= 4 is 17.7 Å². The number of aromatic carboxylic acids is 1. The number of benzene rings is 1. The Bertz CT molecular complexity index is 620. The van der Waals surface area contributed by atoms with Gasteiger partial charge in [0.15, 0.2) is 0 Å². The van der Waals surface area contributed by atoms with Gasteiger partial charge in [0.1, 0.15) is 5.69 Å². The number of hydrogen-bond donors (Lipinski definition) is 1. The molecule has 18 heavy (non-hydrogen) atoms. The molecule has 0 radical (unpaired) electrons. The Hall–Kier alpha value is -1.75. The SMILES string of the molecule is CC1Cc2cccc(-c3cc(C(=O)O)on3)c2S1. The van der Waals surface area contributed by atoms with E-state index in [4.69, 9.17) is 9.63 Å². The molecule has 0 aliphatic carbocycles. The third kappa shape index (κ3) is 1.80. The van der Waals surface area contributed by atoms with Crippen LogP contribution in [-0.4, -0.2) is 21.5 Å². The van der Waals surface area contributed by atoms with Crippen LogP contribution in [-0.2, 0) is 6.42 Å². The molecule has 5 heteroatoms. The van der Waals surface area contributed by atoms with Crippen LogP contribution < -0.4 is 0 Å². The number of carbonyl (C=O) groups is 1. The first-order valence-corrected chi connectivity index (χ1v) is 6.52. The number of thioether (sulfide) groups is 1. The fourth-order valence-electron chi connectivity index (χ4n) is 2.14. The molecule has 0 spiro atoms. The van der Waals surface area contributed by atoms with E-state index in [9.17, 15) is 4.79 Å². The molecular weight excluding hydrogens is 250 g/mol. The van der Waals surface area contributed by atoms with E-state index in [1.807, 2.05) is 12.1 Å². The minimum absolute atomic E-state index is 0.126. The summed E-state index contributed by atoms with van der Waals surface area (Å²) in [4.78, 5) is 12.0. The van der Waals surface area contributed by atoms with Crippen LogP contribution in [0.3, 0.4) is 0 Å². The first kappa shape index (κ1) is 11.3. The van der Waals surface area contributed by atoms with Crippen LogP contribution in [0.5, 0.6) is 0 Å². The zero-order valence-electron chi connectivity index (χ0n) is 9.71. The lowest BCUT2D eigenvalue weighted by Gasteiger charge is -2.03. The molecule has 2 aromatic rings. The van der Waals surface area contributed by atoms with Crippen molar-refractivity contribution in [3.05, 3.63) is 35.6 Å². The molecule has 0 fully saturated rings. The van der Waals surface area contributed by atoms with Crippen LogP contribution >= 0.6 is 11.8 Å². The predicted molar refractivity (Wildman–Crippen MR) is 67.9 cm³/mol. The normalized spacial score (nSPS) is 17.7. The number of aromatic nitrogens is 1. The summed E-state index contributed by atoms with van der Waals surface area (Å²) in [5.41, 5.74) is 2.84. The second-order valence-corrected chi connectivity index (χ2v) is 5.76. The Morgan fingerprint density at radius 3 is 3.11 bits per heavy atom. The lowest BCUT2D eigenvalue weighted by atomic mass is 10.0. The molecule has 3 rings (SSSR count). The van der Waals surface area contributed by atoms with Crippen LogP contribution in [0.2, 0.25) is 0 Å². The minimum atomic E-state index is -1.10. The van der Waals surface area contributed by atoms with Gasteiger partial charge in [-0.15, -0.1) is 11.8 Å². The van der Waals surface area contributed by atoms with Gasteiger partial charge in [0.05, 0.1) is 0 Å². The highest BCUT2D eigenvalue weighted by atomic mass is 32.2. The van der Waals surface area contributed by atoms with E-state index >= 15 is 0 Å². The molecule has 1 atom stereocenters. The molecule has 0 amide bonds. The Kier molecular flexibility index (Phi) is 2.63. The third-order valence-corrected chi connectivity index (χ3v) is 4.21. The molecule has 92 valence electrons. The Balaban J connectivity index is 2.07. The van der Waals surface area contributed by atoms with Crippen LogP contribution in [0.15, 0.2) is 33.7 Å². The number of carboxylic acids is 1. The zero-order valence-corrected chi connectivity index (χ0v) is 10.5. The van der Waals surface area contributed by atoms with Crippen LogP contribution in [0.4, 0.5) is 0 Å². The summed E-state index contributed by atoms with van der Waals surface area (Å²) in [6, 6.07) is 7.50. The first-order valence-electron chi connectivity index (χ1n) is 5.64. The Morgan fingerprint density at radius 1 is 1.56 bits per heavy atom. The van der Waals surface area contributed by atoms with Gasteiger partial charge in [0.2, 0.25) is 5.76 Å². The largest absolute Gasteiger partial charge is 0.475 e. The van der Waals surface area contributed by atoms with E-state index < -0.39 is 5.97 Å². The van der Waals surface area contributed by atoms with Gasteiger partial charge in [0, 0.05) is 21.8 Å². The molecule has 0 saturated carbocycles. The molecule has 1 aromatic heterocycles. The zero-order chi connectivity index (χ0) is 12.7. The average Bonchev–Trinajstić information content (AvgIpc) is 2.92. The highest BCUT2D eigenvalue weighted by molar-refractivity contribution is 8.00. The van der Waals surface area contributed by atoms with Crippen LogP contribution in [0, 0.1) is 0 Å². The molecule has 2 heterocycles. The summed E-state index contributed by atoms with van der Waals surface area (Å²) >= 11 is 1.80. The summed E-state index contributed by atoms with van der Waals surface area (Å²) in [5.74, 6) is -1.22. The molecule has 4 nitrogen and oxygen atoms in total. The fourth-order valence-corrected chi connectivity index (χ4v) is 3.41. The van der Waals surface area contributed by atoms with Crippen LogP contribution in [0.1, 0.15) is 23.0 Å². The summed E-state index contributed by atoms with van der Waals surface area (Å²) in [5, 5.41) is 13.2. The smallest absolute Gasteiger partial charge is 0.374 e. The quantitative estimate of drug-likeness (QED) is 0.900. The summed E-state index contributed by atoms with van der Waals surface area (Å²) in [6.45, 7) is 2.18. The molecule has 1 aromatic carbocycles. The number of carboxylic acid groups (broad SMARTS) is 1. The summed E-state index contributed by atoms with van der Waals surface area (Å²) in [7, 11) is 0. The maximum atomic E-state index is 10.8. The van der Waals surface area contributed by atoms with Gasteiger partial charge in [-0.2, -0.15) is 0 Å². The van der Waals surface area contributed by atoms with E-state index in [1.165, 1.54) is 16.5 Å². The third-order valence-electron chi connectivity index (χ3n) is 2.92. The van der Waals surface area contributed by atoms with Gasteiger partial charge in [-0.3, -0.25) is 0 Å². The highest BCUT2D eigenvalue weighted by Gasteiger charge is 2.23. The lowest BCUT2D eigenvalue weighted by molar-refractivity contribution is 0.0652. The van der Waals surface area contributed by atoms with Crippen molar-refractivity contribution in [2.24, 2.45) is 0 Å². The second kappa shape index (κ2) is 4.17. The van der Waals surface area contributed by atoms with E-state index in [0.717, 1.165) is 12.0 Å². The van der Waals surface area contributed by atoms with Crippen molar-refractivity contribution in [1.82, 2.24) is 5.16 Å². The minimum Gasteiger partial charge on any atom is -0.475 e. The number of hydrogen-bond acceptors (Lipinski definition) is 4. The predicted octanol–water partition coefficient (Wildman–Crippen LogP) is 3.08. The Morgan fingerprint density at radius 2 is 2.39 bits per heavy atom. The van der Waals surface area contributed by atoms with Crippen molar-refractivity contribution in [3.63, 3.8) is 0 Å². The molecular formula is C13H11NO3S. The van der Waals surface area contributed by atoms with E-state index in [0.29, 0.717) is 10.9 Å². The molecule has 1 aliphatic rings. The number of nitrogens with zero attached hydrogens (tertiary/aromatic N) is 1. The molecule has 1 N–H and O–H groups in total. The maximum absolute atomic E-state index is 10.8. The molecule has 0 bridgehead atoms. The van der Waals surface area contributed by atoms with E-state index in [-0.39, 0.29) is 5.76 Å². The van der Waals surface area contributed by atoms with Gasteiger partial charge in [-0.1, -0.05) is 30.3 Å². The van der Waals surface area contributed by atoms with Crippen molar-refractivity contribution in [2.45, 2.75) is 23.5 Å². The number of fused-ring (bicyclic) bond motifs is 1. The number of rotatable bonds is 2. The van der Waals surface area contributed by atoms with Crippen molar-refractivity contribution < 1.29 is 14.4 Å². The second-order valence-electron chi connectivity index (χ2n) is 4.31. The van der Waals surface area contributed by atoms with Crippen molar-refractivity contribution in [2.75, 3.05) is 0 Å². The van der Waals surface area contributed by atoms with Crippen molar-refractivity contribution in [3.8, 4) is 11.3 Å². The summed E-state index contributed by atoms with van der Waals surface area (Å²) < 4.78 is 4.81. The van der Waals surface area contributed by atoms with Gasteiger partial charge < -0.3 is 9.63 Å². The monoisotopic (exact) mass is 261 g/mol. The van der Waals surface area contributed by atoms with Gasteiger partial charge in [-0.25, -0.2) is 4.79 Å². The Labute approximate surface area is 108 Å². The highest BCUT2D eigenvalue weighted by Crippen LogP contribution is 2.42.